The van der Waals surface area contributed by atoms with Crippen LogP contribution in [0.1, 0.15) is 0 Å². The van der Waals surface area contributed by atoms with Gasteiger partial charge in [0.15, 0.2) is 5.03 Å². The van der Waals surface area contributed by atoms with Gasteiger partial charge in [-0.1, -0.05) is 6.07 Å². The Morgan fingerprint density at radius 3 is 2.72 bits per heavy atom. The van der Waals surface area contributed by atoms with Crippen LogP contribution >= 0.6 is 0 Å². The zero-order valence-corrected chi connectivity index (χ0v) is 14.1. The lowest BCUT2D eigenvalue weighted by atomic mass is 10.2. The number of aromatic amines is 1. The molecule has 3 heterocycles. The minimum Gasteiger partial charge on any atom is -0.366 e. The lowest BCUT2D eigenvalue weighted by Gasteiger charge is -2.29. The molecule has 0 bridgehead atoms. The van der Waals surface area contributed by atoms with E-state index in [9.17, 15) is 12.8 Å². The van der Waals surface area contributed by atoms with Crippen LogP contribution in [0.2, 0.25) is 0 Å². The second-order valence-electron chi connectivity index (χ2n) is 5.81. The van der Waals surface area contributed by atoms with Crippen molar-refractivity contribution in [1.29, 1.82) is 0 Å². The highest BCUT2D eigenvalue weighted by molar-refractivity contribution is 7.91. The number of piperazine rings is 1. The maximum absolute atomic E-state index is 13.4. The molecule has 2 N–H and O–H groups in total. The third kappa shape index (κ3) is 2.75. The number of rotatable bonds is 3. The minimum absolute atomic E-state index is 0.131. The van der Waals surface area contributed by atoms with Crippen LogP contribution in [-0.2, 0) is 9.84 Å². The molecule has 9 heteroatoms. The van der Waals surface area contributed by atoms with Crippen molar-refractivity contribution in [3.63, 3.8) is 0 Å². The Bertz CT molecular complexity index is 1030. The van der Waals surface area contributed by atoms with Crippen molar-refractivity contribution >= 4 is 26.4 Å². The van der Waals surface area contributed by atoms with E-state index in [0.29, 0.717) is 10.9 Å². The first-order chi connectivity index (χ1) is 12.1. The van der Waals surface area contributed by atoms with Crippen LogP contribution < -0.4 is 10.2 Å². The Kier molecular flexibility index (Phi) is 3.89. The van der Waals surface area contributed by atoms with Gasteiger partial charge in [-0.3, -0.25) is 10.1 Å². The van der Waals surface area contributed by atoms with Gasteiger partial charge in [0.1, 0.15) is 5.82 Å². The number of sulfone groups is 1. The largest absolute Gasteiger partial charge is 0.366 e. The topological polar surface area (TPSA) is 91.0 Å². The average molecular weight is 361 g/mol. The van der Waals surface area contributed by atoms with Gasteiger partial charge in [0.05, 0.1) is 27.7 Å². The van der Waals surface area contributed by atoms with Crippen LogP contribution in [0.15, 0.2) is 46.6 Å². The molecule has 0 saturated carbocycles. The lowest BCUT2D eigenvalue weighted by molar-refractivity contribution is 0.588. The van der Waals surface area contributed by atoms with Crippen molar-refractivity contribution in [2.45, 2.75) is 9.92 Å². The number of fused-ring (bicyclic) bond motifs is 1. The van der Waals surface area contributed by atoms with Crippen LogP contribution in [0.4, 0.5) is 10.1 Å². The smallest absolute Gasteiger partial charge is 0.226 e. The maximum Gasteiger partial charge on any atom is 0.226 e. The molecule has 1 fully saturated rings. The molecule has 0 atom stereocenters. The van der Waals surface area contributed by atoms with Gasteiger partial charge in [0.25, 0.3) is 0 Å². The Labute approximate surface area is 143 Å². The molecule has 0 radical (unpaired) electrons. The summed E-state index contributed by atoms with van der Waals surface area (Å²) < 4.78 is 39.1. The van der Waals surface area contributed by atoms with E-state index in [2.05, 4.69) is 25.4 Å². The van der Waals surface area contributed by atoms with E-state index in [1.54, 1.807) is 6.20 Å². The maximum atomic E-state index is 13.4. The Morgan fingerprint density at radius 1 is 1.16 bits per heavy atom. The highest BCUT2D eigenvalue weighted by Gasteiger charge is 2.26. The van der Waals surface area contributed by atoms with E-state index in [4.69, 9.17) is 0 Å². The second-order valence-corrected chi connectivity index (χ2v) is 7.67. The van der Waals surface area contributed by atoms with Crippen molar-refractivity contribution in [2.24, 2.45) is 0 Å². The van der Waals surface area contributed by atoms with E-state index in [-0.39, 0.29) is 9.92 Å². The number of nitrogens with zero attached hydrogens (tertiary/aromatic N) is 3. The standard InChI is InChI=1S/C16H16FN5O2S/c17-11-2-1-3-12(8-11)25(23,24)16-13-9-19-10-14(15(13)20-21-16)22-6-4-18-5-7-22/h1-3,8-10,18H,4-7H2,(H,20,21). The normalized spacial score (nSPS) is 15.6. The molecule has 1 aliphatic heterocycles. The van der Waals surface area contributed by atoms with E-state index in [1.807, 2.05) is 0 Å². The van der Waals surface area contributed by atoms with Gasteiger partial charge in [0.2, 0.25) is 9.84 Å². The van der Waals surface area contributed by atoms with Gasteiger partial charge in [-0.25, -0.2) is 12.8 Å². The lowest BCUT2D eigenvalue weighted by Crippen LogP contribution is -2.43. The minimum atomic E-state index is -3.95. The first kappa shape index (κ1) is 16.0. The number of hydrogen-bond donors (Lipinski definition) is 2. The zero-order chi connectivity index (χ0) is 17.4. The number of hydrogen-bond acceptors (Lipinski definition) is 6. The number of anilines is 1. The molecule has 1 aliphatic rings. The number of aromatic nitrogens is 3. The van der Waals surface area contributed by atoms with E-state index in [0.717, 1.165) is 37.9 Å². The zero-order valence-electron chi connectivity index (χ0n) is 13.2. The molecule has 4 rings (SSSR count). The summed E-state index contributed by atoms with van der Waals surface area (Å²) in [7, 11) is -3.95. The van der Waals surface area contributed by atoms with Crippen molar-refractivity contribution in [2.75, 3.05) is 31.1 Å². The highest BCUT2D eigenvalue weighted by atomic mass is 32.2. The number of H-pyrrole nitrogens is 1. The number of pyridine rings is 1. The van der Waals surface area contributed by atoms with Crippen molar-refractivity contribution in [3.05, 3.63) is 42.5 Å². The molecule has 0 amide bonds. The fraction of sp³-hybridized carbons (Fsp3) is 0.250. The van der Waals surface area contributed by atoms with E-state index in [1.165, 1.54) is 24.4 Å². The van der Waals surface area contributed by atoms with Gasteiger partial charge in [0, 0.05) is 32.4 Å². The fourth-order valence-corrected chi connectivity index (χ4v) is 4.35. The Hall–Kier alpha value is -2.52. The molecule has 1 saturated heterocycles. The number of benzene rings is 1. The quantitative estimate of drug-likeness (QED) is 0.732. The van der Waals surface area contributed by atoms with Crippen molar-refractivity contribution < 1.29 is 12.8 Å². The molecule has 0 aliphatic carbocycles. The summed E-state index contributed by atoms with van der Waals surface area (Å²) >= 11 is 0. The monoisotopic (exact) mass is 361 g/mol. The Morgan fingerprint density at radius 2 is 1.96 bits per heavy atom. The van der Waals surface area contributed by atoms with Gasteiger partial charge in [-0.05, 0) is 18.2 Å². The molecule has 7 nitrogen and oxygen atoms in total. The first-order valence-corrected chi connectivity index (χ1v) is 9.34. The summed E-state index contributed by atoms with van der Waals surface area (Å²) in [5, 5.41) is 10.4. The van der Waals surface area contributed by atoms with Gasteiger partial charge < -0.3 is 10.2 Å². The van der Waals surface area contributed by atoms with Crippen LogP contribution in [0, 0.1) is 5.82 Å². The molecule has 3 aromatic rings. The predicted molar refractivity (Wildman–Crippen MR) is 90.8 cm³/mol. The summed E-state index contributed by atoms with van der Waals surface area (Å²) in [4.78, 5) is 6.18. The first-order valence-electron chi connectivity index (χ1n) is 7.86. The third-order valence-corrected chi connectivity index (χ3v) is 5.94. The Balaban J connectivity index is 1.84. The molecule has 0 unspecified atom stereocenters. The third-order valence-electron chi connectivity index (χ3n) is 4.24. The van der Waals surface area contributed by atoms with Gasteiger partial charge in [-0.2, -0.15) is 5.10 Å². The molecule has 0 spiro atoms. The van der Waals surface area contributed by atoms with Gasteiger partial charge >= 0.3 is 0 Å². The summed E-state index contributed by atoms with van der Waals surface area (Å²) in [6, 6.07) is 4.91. The molecule has 130 valence electrons. The van der Waals surface area contributed by atoms with Crippen LogP contribution in [-0.4, -0.2) is 49.8 Å². The van der Waals surface area contributed by atoms with Crippen molar-refractivity contribution in [3.8, 4) is 0 Å². The number of nitrogens with one attached hydrogen (secondary N) is 2. The summed E-state index contributed by atoms with van der Waals surface area (Å²) in [6.07, 6.45) is 3.17. The second kappa shape index (κ2) is 6.08. The fourth-order valence-electron chi connectivity index (χ4n) is 2.99. The van der Waals surface area contributed by atoms with Crippen molar-refractivity contribution in [1.82, 2.24) is 20.5 Å². The van der Waals surface area contributed by atoms with Crippen LogP contribution in [0.3, 0.4) is 0 Å². The van der Waals surface area contributed by atoms with E-state index >= 15 is 0 Å². The van der Waals surface area contributed by atoms with Gasteiger partial charge in [-0.15, -0.1) is 0 Å². The molecule has 1 aromatic carbocycles. The summed E-state index contributed by atoms with van der Waals surface area (Å²) in [5.41, 5.74) is 1.43. The van der Waals surface area contributed by atoms with Crippen LogP contribution in [0.25, 0.3) is 10.9 Å². The summed E-state index contributed by atoms with van der Waals surface area (Å²) in [5.74, 6) is -0.611. The highest BCUT2D eigenvalue weighted by Crippen LogP contribution is 2.31. The molecule has 25 heavy (non-hydrogen) atoms. The predicted octanol–water partition coefficient (Wildman–Crippen LogP) is 1.34. The molecule has 2 aromatic heterocycles. The number of halogens is 1. The SMILES string of the molecule is O=S(=O)(c1cccc(F)c1)c1n[nH]c2c(N3CCNCC3)cncc12. The molecular weight excluding hydrogens is 345 g/mol. The average Bonchev–Trinajstić information content (AvgIpc) is 3.07. The summed E-state index contributed by atoms with van der Waals surface area (Å²) in [6.45, 7) is 3.29. The molecular formula is C16H16FN5O2S. The van der Waals surface area contributed by atoms with E-state index < -0.39 is 15.7 Å². The van der Waals surface area contributed by atoms with Crippen LogP contribution in [0.5, 0.6) is 0 Å².